The molecule has 0 amide bonds. The first-order valence-corrected chi connectivity index (χ1v) is 6.80. The lowest BCUT2D eigenvalue weighted by molar-refractivity contribution is 0.373. The average Bonchev–Trinajstić information content (AvgIpc) is 3.16. The van der Waals surface area contributed by atoms with Crippen LogP contribution < -0.4 is 9.47 Å². The number of hydrogen-bond acceptors (Lipinski definition) is 5. The second-order valence-electron chi connectivity index (χ2n) is 4.14. The van der Waals surface area contributed by atoms with Crippen molar-refractivity contribution in [3.05, 3.63) is 73.2 Å². The first-order chi connectivity index (χ1) is 11.2. The lowest BCUT2D eigenvalue weighted by Crippen LogP contribution is -1.80. The van der Waals surface area contributed by atoms with Crippen LogP contribution in [0.4, 0.5) is 0 Å². The van der Waals surface area contributed by atoms with Crippen molar-refractivity contribution in [1.29, 1.82) is 0 Å². The predicted octanol–water partition coefficient (Wildman–Crippen LogP) is 4.08. The highest BCUT2D eigenvalue weighted by atomic mass is 16.5. The van der Waals surface area contributed by atoms with Crippen LogP contribution in [-0.2, 0) is 0 Å². The summed E-state index contributed by atoms with van der Waals surface area (Å²) in [6, 6.07) is 17.3. The molecule has 5 nitrogen and oxygen atoms in total. The molecule has 1 heterocycles. The number of phenolic OH excluding ortho intramolecular Hbond substituents is 2. The molecule has 5 heteroatoms. The fourth-order valence-electron chi connectivity index (χ4n) is 1.49. The zero-order chi connectivity index (χ0) is 16.9. The minimum atomic E-state index is 0.181. The molecule has 0 bridgehead atoms. The number of benzene rings is 2. The maximum Gasteiger partial charge on any atom is 0.160 e. The van der Waals surface area contributed by atoms with E-state index in [0.717, 1.165) is 0 Å². The maximum atomic E-state index is 8.99. The fourth-order valence-corrected chi connectivity index (χ4v) is 1.49. The van der Waals surface area contributed by atoms with Gasteiger partial charge < -0.3 is 24.1 Å². The van der Waals surface area contributed by atoms with Gasteiger partial charge in [-0.1, -0.05) is 24.3 Å². The number of para-hydroxylation sites is 4. The first kappa shape index (κ1) is 18.0. The third-order valence-corrected chi connectivity index (χ3v) is 2.60. The summed E-state index contributed by atoms with van der Waals surface area (Å²) in [5.41, 5.74) is 0. The van der Waals surface area contributed by atoms with E-state index in [0.29, 0.717) is 11.5 Å². The summed E-state index contributed by atoms with van der Waals surface area (Å²) in [6.45, 7) is 0. The van der Waals surface area contributed by atoms with Crippen molar-refractivity contribution >= 4 is 0 Å². The predicted molar refractivity (Wildman–Crippen MR) is 88.0 cm³/mol. The number of furan rings is 1. The van der Waals surface area contributed by atoms with Gasteiger partial charge in [0.2, 0.25) is 0 Å². The van der Waals surface area contributed by atoms with Crippen LogP contribution >= 0.6 is 0 Å². The van der Waals surface area contributed by atoms with Crippen molar-refractivity contribution in [3.8, 4) is 23.0 Å². The third-order valence-electron chi connectivity index (χ3n) is 2.60. The standard InChI is InChI=1S/2C7H8O2.C4H4O/c2*1-9-7-5-3-2-4-6(7)8;1-2-4-5-3-1/h2*2-5,8H,1H3;1-4H. The maximum absolute atomic E-state index is 8.99. The Morgan fingerprint density at radius 2 is 1.04 bits per heavy atom. The highest BCUT2D eigenvalue weighted by Gasteiger charge is 1.94. The van der Waals surface area contributed by atoms with E-state index in [1.165, 1.54) is 14.2 Å². The smallest absolute Gasteiger partial charge is 0.160 e. The molecule has 0 spiro atoms. The van der Waals surface area contributed by atoms with Crippen molar-refractivity contribution in [2.45, 2.75) is 0 Å². The molecular formula is C18H20O5. The van der Waals surface area contributed by atoms with Gasteiger partial charge in [-0.05, 0) is 36.4 Å². The van der Waals surface area contributed by atoms with E-state index in [1.807, 2.05) is 12.1 Å². The van der Waals surface area contributed by atoms with Gasteiger partial charge >= 0.3 is 0 Å². The van der Waals surface area contributed by atoms with Crippen LogP contribution in [0.1, 0.15) is 0 Å². The van der Waals surface area contributed by atoms with Gasteiger partial charge in [0.25, 0.3) is 0 Å². The van der Waals surface area contributed by atoms with E-state index in [4.69, 9.17) is 19.7 Å². The number of methoxy groups -OCH3 is 2. The van der Waals surface area contributed by atoms with Gasteiger partial charge in [0.05, 0.1) is 26.7 Å². The van der Waals surface area contributed by atoms with Gasteiger partial charge in [-0.2, -0.15) is 0 Å². The van der Waals surface area contributed by atoms with Gasteiger partial charge in [0, 0.05) is 0 Å². The van der Waals surface area contributed by atoms with Gasteiger partial charge in [-0.15, -0.1) is 0 Å². The van der Waals surface area contributed by atoms with Crippen LogP contribution in [0, 0.1) is 0 Å². The summed E-state index contributed by atoms with van der Waals surface area (Å²) in [4.78, 5) is 0. The number of ether oxygens (including phenoxy) is 2. The van der Waals surface area contributed by atoms with Crippen LogP contribution in [0.25, 0.3) is 0 Å². The molecule has 2 aromatic carbocycles. The van der Waals surface area contributed by atoms with Crippen molar-refractivity contribution in [2.24, 2.45) is 0 Å². The zero-order valence-corrected chi connectivity index (χ0v) is 13.0. The first-order valence-electron chi connectivity index (χ1n) is 6.80. The topological polar surface area (TPSA) is 72.1 Å². The molecule has 0 radical (unpaired) electrons. The van der Waals surface area contributed by atoms with Gasteiger partial charge in [0.1, 0.15) is 0 Å². The Bertz CT molecular complexity index is 587. The quantitative estimate of drug-likeness (QED) is 0.745. The zero-order valence-electron chi connectivity index (χ0n) is 13.0. The highest BCUT2D eigenvalue weighted by Crippen LogP contribution is 2.23. The summed E-state index contributed by atoms with van der Waals surface area (Å²) >= 11 is 0. The van der Waals surface area contributed by atoms with Crippen LogP contribution in [0.15, 0.2) is 77.6 Å². The molecule has 0 aliphatic rings. The van der Waals surface area contributed by atoms with E-state index in [1.54, 1.807) is 61.1 Å². The molecule has 0 fully saturated rings. The molecule has 0 saturated heterocycles. The van der Waals surface area contributed by atoms with E-state index in [9.17, 15) is 0 Å². The normalized spacial score (nSPS) is 8.78. The van der Waals surface area contributed by atoms with E-state index >= 15 is 0 Å². The van der Waals surface area contributed by atoms with E-state index in [-0.39, 0.29) is 11.5 Å². The Balaban J connectivity index is 0.000000180. The molecule has 3 aromatic rings. The Morgan fingerprint density at radius 3 is 1.26 bits per heavy atom. The Labute approximate surface area is 135 Å². The molecule has 23 heavy (non-hydrogen) atoms. The fraction of sp³-hybridized carbons (Fsp3) is 0.111. The second kappa shape index (κ2) is 10.6. The van der Waals surface area contributed by atoms with Crippen molar-refractivity contribution < 1.29 is 24.1 Å². The molecule has 122 valence electrons. The molecule has 0 aliphatic heterocycles. The third kappa shape index (κ3) is 6.95. The van der Waals surface area contributed by atoms with Crippen LogP contribution in [0.2, 0.25) is 0 Å². The molecule has 0 saturated carbocycles. The molecule has 3 rings (SSSR count). The molecule has 0 aliphatic carbocycles. The second-order valence-corrected chi connectivity index (χ2v) is 4.14. The molecule has 1 aromatic heterocycles. The number of hydrogen-bond donors (Lipinski definition) is 2. The number of phenols is 2. The summed E-state index contributed by atoms with van der Waals surface area (Å²) in [7, 11) is 3.05. The summed E-state index contributed by atoms with van der Waals surface area (Å²) < 4.78 is 14.2. The lowest BCUT2D eigenvalue weighted by Gasteiger charge is -1.99. The van der Waals surface area contributed by atoms with Crippen molar-refractivity contribution in [2.75, 3.05) is 14.2 Å². The summed E-state index contributed by atoms with van der Waals surface area (Å²) in [5, 5.41) is 18.0. The minimum Gasteiger partial charge on any atom is -0.504 e. The van der Waals surface area contributed by atoms with Gasteiger partial charge in [-0.3, -0.25) is 0 Å². The Morgan fingerprint density at radius 1 is 0.652 bits per heavy atom. The average molecular weight is 316 g/mol. The molecule has 2 N–H and O–H groups in total. The number of aromatic hydroxyl groups is 2. The minimum absolute atomic E-state index is 0.181. The highest BCUT2D eigenvalue weighted by molar-refractivity contribution is 5.38. The van der Waals surface area contributed by atoms with Gasteiger partial charge in [-0.25, -0.2) is 0 Å². The van der Waals surface area contributed by atoms with Crippen molar-refractivity contribution in [3.63, 3.8) is 0 Å². The lowest BCUT2D eigenvalue weighted by atomic mass is 10.3. The largest absolute Gasteiger partial charge is 0.504 e. The monoisotopic (exact) mass is 316 g/mol. The van der Waals surface area contributed by atoms with Crippen LogP contribution in [0.3, 0.4) is 0 Å². The van der Waals surface area contributed by atoms with Crippen molar-refractivity contribution in [1.82, 2.24) is 0 Å². The number of rotatable bonds is 2. The van der Waals surface area contributed by atoms with Crippen LogP contribution in [-0.4, -0.2) is 24.4 Å². The molecule has 0 atom stereocenters. The van der Waals surface area contributed by atoms with E-state index in [2.05, 4.69) is 4.42 Å². The summed E-state index contributed by atoms with van der Waals surface area (Å²) in [5.74, 6) is 1.38. The Kier molecular flexibility index (Phi) is 8.30. The van der Waals surface area contributed by atoms with Crippen LogP contribution in [0.5, 0.6) is 23.0 Å². The Hall–Kier alpha value is -3.08. The molecular weight excluding hydrogens is 296 g/mol. The molecule has 0 unspecified atom stereocenters. The van der Waals surface area contributed by atoms with E-state index < -0.39 is 0 Å². The SMILES string of the molecule is COc1ccccc1O.COc1ccccc1O.c1ccoc1. The van der Waals surface area contributed by atoms with Gasteiger partial charge in [0.15, 0.2) is 23.0 Å². The summed E-state index contributed by atoms with van der Waals surface area (Å²) in [6.07, 6.45) is 3.25.